The van der Waals surface area contributed by atoms with Crippen molar-refractivity contribution in [2.24, 2.45) is 0 Å². The summed E-state index contributed by atoms with van der Waals surface area (Å²) in [4.78, 5) is 39.1. The number of anilines is 2. The highest BCUT2D eigenvalue weighted by Crippen LogP contribution is 2.26. The van der Waals surface area contributed by atoms with Crippen LogP contribution in [0.1, 0.15) is 15.9 Å². The third-order valence-electron chi connectivity index (χ3n) is 6.72. The Morgan fingerprint density at radius 1 is 0.660 bits per heavy atom. The maximum absolute atomic E-state index is 13.9. The second-order valence-corrected chi connectivity index (χ2v) is 11.1. The van der Waals surface area contributed by atoms with E-state index in [2.05, 4.69) is 10.6 Å². The van der Waals surface area contributed by atoms with Crippen molar-refractivity contribution in [2.45, 2.75) is 4.90 Å². The van der Waals surface area contributed by atoms with Crippen LogP contribution < -0.4 is 16.0 Å². The Labute approximate surface area is 271 Å². The molecule has 0 aliphatic carbocycles. The van der Waals surface area contributed by atoms with Crippen molar-refractivity contribution in [1.29, 1.82) is 0 Å². The standard InChI is InChI=1S/C36H25F4N3O3S/c37-28-20-29(38)33(40)34(32(28)39)43-31(44)21-47-27-17-15-26(16-18-27)41-36(46)30(42-35(45)25-9-5-2-6-10-25)19-22-11-13-24(14-12-22)23-7-3-1-4-8-23/h1-20H,21H2,(H,41,46)(H,42,45)(H,43,44)/b30-19-. The maximum Gasteiger partial charge on any atom is 0.272 e. The zero-order valence-corrected chi connectivity index (χ0v) is 25.2. The molecule has 236 valence electrons. The molecule has 0 aliphatic rings. The van der Waals surface area contributed by atoms with Crippen LogP contribution >= 0.6 is 11.8 Å². The molecule has 0 spiro atoms. The van der Waals surface area contributed by atoms with Crippen LogP contribution in [0.15, 0.2) is 126 Å². The number of carbonyl (C=O) groups excluding carboxylic acids is 3. The van der Waals surface area contributed by atoms with Gasteiger partial charge < -0.3 is 16.0 Å². The Balaban J connectivity index is 1.26. The quantitative estimate of drug-likeness (QED) is 0.0615. The summed E-state index contributed by atoms with van der Waals surface area (Å²) in [5, 5.41) is 7.28. The molecule has 47 heavy (non-hydrogen) atoms. The number of hydrogen-bond donors (Lipinski definition) is 3. The molecule has 0 saturated carbocycles. The van der Waals surface area contributed by atoms with Crippen LogP contribution in [0.2, 0.25) is 0 Å². The van der Waals surface area contributed by atoms with E-state index in [-0.39, 0.29) is 17.5 Å². The predicted octanol–water partition coefficient (Wildman–Crippen LogP) is 8.05. The molecule has 5 aromatic rings. The van der Waals surface area contributed by atoms with Gasteiger partial charge in [-0.05, 0) is 59.2 Å². The van der Waals surface area contributed by atoms with Gasteiger partial charge in [-0.15, -0.1) is 11.8 Å². The van der Waals surface area contributed by atoms with E-state index in [1.807, 2.05) is 59.9 Å². The molecular formula is C36H25F4N3O3S. The first kappa shape index (κ1) is 32.7. The van der Waals surface area contributed by atoms with Crippen LogP contribution in [0, 0.1) is 23.3 Å². The Bertz CT molecular complexity index is 1910. The van der Waals surface area contributed by atoms with Gasteiger partial charge in [0, 0.05) is 22.2 Å². The van der Waals surface area contributed by atoms with Crippen molar-refractivity contribution >= 4 is 46.9 Å². The Morgan fingerprint density at radius 3 is 1.85 bits per heavy atom. The van der Waals surface area contributed by atoms with E-state index in [0.29, 0.717) is 21.7 Å². The molecule has 6 nitrogen and oxygen atoms in total. The van der Waals surface area contributed by atoms with Crippen LogP contribution in [0.5, 0.6) is 0 Å². The summed E-state index contributed by atoms with van der Waals surface area (Å²) in [6, 6.07) is 32.1. The average molecular weight is 656 g/mol. The number of hydrogen-bond acceptors (Lipinski definition) is 4. The van der Waals surface area contributed by atoms with Crippen molar-refractivity contribution in [3.8, 4) is 11.1 Å². The van der Waals surface area contributed by atoms with Crippen molar-refractivity contribution in [2.75, 3.05) is 16.4 Å². The molecule has 0 radical (unpaired) electrons. The van der Waals surface area contributed by atoms with Crippen molar-refractivity contribution in [3.05, 3.63) is 155 Å². The van der Waals surface area contributed by atoms with Gasteiger partial charge in [0.1, 0.15) is 11.4 Å². The molecule has 0 heterocycles. The fraction of sp³-hybridized carbons (Fsp3) is 0.0278. The first-order valence-corrected chi connectivity index (χ1v) is 15.1. The van der Waals surface area contributed by atoms with Gasteiger partial charge in [-0.25, -0.2) is 17.6 Å². The summed E-state index contributed by atoms with van der Waals surface area (Å²) in [5.41, 5.74) is 2.22. The molecular weight excluding hydrogens is 630 g/mol. The zero-order valence-electron chi connectivity index (χ0n) is 24.4. The van der Waals surface area contributed by atoms with Gasteiger partial charge in [-0.1, -0.05) is 72.8 Å². The summed E-state index contributed by atoms with van der Waals surface area (Å²) < 4.78 is 54.6. The largest absolute Gasteiger partial charge is 0.321 e. The number of thioether (sulfide) groups is 1. The van der Waals surface area contributed by atoms with E-state index in [9.17, 15) is 31.9 Å². The lowest BCUT2D eigenvalue weighted by Gasteiger charge is -2.12. The van der Waals surface area contributed by atoms with Gasteiger partial charge in [0.15, 0.2) is 23.3 Å². The van der Waals surface area contributed by atoms with Crippen LogP contribution in [0.25, 0.3) is 17.2 Å². The lowest BCUT2D eigenvalue weighted by Crippen LogP contribution is -2.30. The molecule has 3 N–H and O–H groups in total. The van der Waals surface area contributed by atoms with Crippen molar-refractivity contribution in [3.63, 3.8) is 0 Å². The predicted molar refractivity (Wildman–Crippen MR) is 174 cm³/mol. The van der Waals surface area contributed by atoms with Gasteiger partial charge >= 0.3 is 0 Å². The molecule has 3 amide bonds. The molecule has 0 unspecified atom stereocenters. The lowest BCUT2D eigenvalue weighted by atomic mass is 10.0. The van der Waals surface area contributed by atoms with E-state index in [4.69, 9.17) is 0 Å². The normalized spacial score (nSPS) is 11.1. The smallest absolute Gasteiger partial charge is 0.272 e. The number of rotatable bonds is 10. The van der Waals surface area contributed by atoms with Gasteiger partial charge in [0.2, 0.25) is 5.91 Å². The van der Waals surface area contributed by atoms with Crippen LogP contribution in [0.4, 0.5) is 28.9 Å². The molecule has 0 bridgehead atoms. The number of amides is 3. The van der Waals surface area contributed by atoms with Crippen LogP contribution in [0.3, 0.4) is 0 Å². The number of benzene rings is 5. The molecule has 0 atom stereocenters. The van der Waals surface area contributed by atoms with Crippen molar-refractivity contribution < 1.29 is 31.9 Å². The minimum absolute atomic E-state index is 0.00492. The Hall–Kier alpha value is -5.68. The van der Waals surface area contributed by atoms with Crippen LogP contribution in [-0.2, 0) is 9.59 Å². The van der Waals surface area contributed by atoms with Gasteiger partial charge in [-0.3, -0.25) is 14.4 Å². The van der Waals surface area contributed by atoms with E-state index in [1.54, 1.807) is 60.7 Å². The fourth-order valence-corrected chi connectivity index (χ4v) is 5.05. The highest BCUT2D eigenvalue weighted by atomic mass is 32.2. The molecule has 5 aromatic carbocycles. The summed E-state index contributed by atoms with van der Waals surface area (Å²) >= 11 is 0.984. The minimum atomic E-state index is -1.71. The highest BCUT2D eigenvalue weighted by molar-refractivity contribution is 8.00. The molecule has 5 rings (SSSR count). The second-order valence-electron chi connectivity index (χ2n) is 10.0. The summed E-state index contributed by atoms with van der Waals surface area (Å²) in [5.74, 6) is -8.97. The minimum Gasteiger partial charge on any atom is -0.321 e. The number of carbonyl (C=O) groups is 3. The molecule has 0 aliphatic heterocycles. The van der Waals surface area contributed by atoms with E-state index in [0.717, 1.165) is 22.9 Å². The molecule has 0 saturated heterocycles. The second kappa shape index (κ2) is 15.1. The topological polar surface area (TPSA) is 87.3 Å². The average Bonchev–Trinajstić information content (AvgIpc) is 3.09. The molecule has 0 fully saturated rings. The fourth-order valence-electron chi connectivity index (χ4n) is 4.35. The van der Waals surface area contributed by atoms with E-state index >= 15 is 0 Å². The zero-order chi connectivity index (χ0) is 33.3. The first-order chi connectivity index (χ1) is 22.7. The monoisotopic (exact) mass is 655 g/mol. The van der Waals surface area contributed by atoms with Crippen LogP contribution in [-0.4, -0.2) is 23.5 Å². The Morgan fingerprint density at radius 2 is 1.23 bits per heavy atom. The number of halogens is 4. The maximum atomic E-state index is 13.9. The third kappa shape index (κ3) is 8.53. The molecule has 11 heteroatoms. The Kier molecular flexibility index (Phi) is 10.5. The summed E-state index contributed by atoms with van der Waals surface area (Å²) in [6.45, 7) is 0. The summed E-state index contributed by atoms with van der Waals surface area (Å²) in [7, 11) is 0. The SMILES string of the molecule is O=C(CSc1ccc(NC(=O)/C(=C/c2ccc(-c3ccccc3)cc2)NC(=O)c2ccccc2)cc1)Nc1c(F)c(F)cc(F)c1F. The highest BCUT2D eigenvalue weighted by Gasteiger charge is 2.21. The van der Waals surface area contributed by atoms with E-state index < -0.39 is 46.7 Å². The van der Waals surface area contributed by atoms with Gasteiger partial charge in [0.25, 0.3) is 11.8 Å². The van der Waals surface area contributed by atoms with E-state index in [1.165, 1.54) is 0 Å². The van der Waals surface area contributed by atoms with Crippen molar-refractivity contribution in [1.82, 2.24) is 5.32 Å². The molecule has 0 aromatic heterocycles. The lowest BCUT2D eigenvalue weighted by molar-refractivity contribution is -0.114. The first-order valence-electron chi connectivity index (χ1n) is 14.1. The van der Waals surface area contributed by atoms with Gasteiger partial charge in [0.05, 0.1) is 5.75 Å². The van der Waals surface area contributed by atoms with Gasteiger partial charge in [-0.2, -0.15) is 0 Å². The third-order valence-corrected chi connectivity index (χ3v) is 7.73. The summed E-state index contributed by atoms with van der Waals surface area (Å²) in [6.07, 6.45) is 1.56. The number of nitrogens with one attached hydrogen (secondary N) is 3.